The van der Waals surface area contributed by atoms with Crippen LogP contribution in [0.1, 0.15) is 38.5 Å². The van der Waals surface area contributed by atoms with Gasteiger partial charge in [-0.25, -0.2) is 0 Å². The van der Waals surface area contributed by atoms with Crippen molar-refractivity contribution < 1.29 is 30.6 Å². The van der Waals surface area contributed by atoms with Gasteiger partial charge in [-0.2, -0.15) is 0 Å². The molecule has 0 saturated heterocycles. The lowest BCUT2D eigenvalue weighted by Gasteiger charge is -2.37. The molecular weight excluding hydrogens is 240 g/mol. The van der Waals surface area contributed by atoms with Gasteiger partial charge in [0.15, 0.2) is 0 Å². The summed E-state index contributed by atoms with van der Waals surface area (Å²) in [5.41, 5.74) is -1.70. The van der Waals surface area contributed by atoms with E-state index in [9.17, 15) is 15.3 Å². The van der Waals surface area contributed by atoms with E-state index in [1.807, 2.05) is 0 Å². The molecule has 0 aromatic heterocycles. The van der Waals surface area contributed by atoms with Gasteiger partial charge >= 0.3 is 0 Å². The summed E-state index contributed by atoms with van der Waals surface area (Å²) in [5.74, 6) is 0. The Balaban J connectivity index is 4.57. The molecule has 6 N–H and O–H groups in total. The van der Waals surface area contributed by atoms with Gasteiger partial charge in [0.25, 0.3) is 0 Å². The molecule has 18 heavy (non-hydrogen) atoms. The van der Waals surface area contributed by atoms with E-state index < -0.39 is 17.8 Å². The monoisotopic (exact) mass is 266 g/mol. The quantitative estimate of drug-likeness (QED) is 0.278. The maximum absolute atomic E-state index is 10.4. The number of hydrogen-bond donors (Lipinski definition) is 6. The van der Waals surface area contributed by atoms with Gasteiger partial charge in [0.1, 0.15) is 5.60 Å². The van der Waals surface area contributed by atoms with E-state index >= 15 is 0 Å². The highest BCUT2D eigenvalue weighted by Crippen LogP contribution is 2.27. The van der Waals surface area contributed by atoms with Crippen LogP contribution in [-0.2, 0) is 0 Å². The molecule has 0 bridgehead atoms. The van der Waals surface area contributed by atoms with Crippen LogP contribution in [0.25, 0.3) is 0 Å². The van der Waals surface area contributed by atoms with E-state index in [4.69, 9.17) is 15.3 Å². The van der Waals surface area contributed by atoms with E-state index in [1.54, 1.807) is 0 Å². The first kappa shape index (κ1) is 17.8. The van der Waals surface area contributed by atoms with E-state index in [0.717, 1.165) is 0 Å². The van der Waals surface area contributed by atoms with Crippen LogP contribution >= 0.6 is 0 Å². The lowest BCUT2D eigenvalue weighted by atomic mass is 9.82. The van der Waals surface area contributed by atoms with E-state index in [1.165, 1.54) is 0 Å². The fourth-order valence-electron chi connectivity index (χ4n) is 1.99. The van der Waals surface area contributed by atoms with Gasteiger partial charge in [0, 0.05) is 19.8 Å². The fourth-order valence-corrected chi connectivity index (χ4v) is 1.99. The SMILES string of the molecule is OCCCC(O)C(O)(CCCO)C(O)CCCO. The van der Waals surface area contributed by atoms with Gasteiger partial charge in [-0.05, 0) is 38.5 Å². The summed E-state index contributed by atoms with van der Waals surface area (Å²) >= 11 is 0. The molecule has 0 aliphatic rings. The third-order valence-corrected chi connectivity index (χ3v) is 3.16. The highest BCUT2D eigenvalue weighted by molar-refractivity contribution is 4.93. The van der Waals surface area contributed by atoms with Crippen LogP contribution in [0.5, 0.6) is 0 Å². The molecule has 0 aliphatic heterocycles. The van der Waals surface area contributed by atoms with Crippen LogP contribution in [0.2, 0.25) is 0 Å². The first-order valence-electron chi connectivity index (χ1n) is 6.44. The second-order valence-corrected chi connectivity index (χ2v) is 4.58. The molecule has 2 atom stereocenters. The van der Waals surface area contributed by atoms with Crippen LogP contribution in [0.4, 0.5) is 0 Å². The van der Waals surface area contributed by atoms with Crippen molar-refractivity contribution in [2.24, 2.45) is 0 Å². The first-order valence-corrected chi connectivity index (χ1v) is 6.44. The summed E-state index contributed by atoms with van der Waals surface area (Å²) in [5, 5.41) is 56.4. The molecule has 0 saturated carbocycles. The number of hydrogen-bond acceptors (Lipinski definition) is 6. The Bertz CT molecular complexity index is 185. The Kier molecular flexibility index (Phi) is 9.53. The molecule has 0 aliphatic carbocycles. The summed E-state index contributed by atoms with van der Waals surface area (Å²) in [6.45, 7) is -0.332. The molecule has 6 nitrogen and oxygen atoms in total. The number of rotatable bonds is 11. The molecule has 0 aromatic carbocycles. The fraction of sp³-hybridized carbons (Fsp3) is 1.00. The summed E-state index contributed by atoms with van der Waals surface area (Å²) < 4.78 is 0. The van der Waals surface area contributed by atoms with Crippen molar-refractivity contribution in [2.75, 3.05) is 19.8 Å². The topological polar surface area (TPSA) is 121 Å². The van der Waals surface area contributed by atoms with Crippen LogP contribution < -0.4 is 0 Å². The molecule has 0 amide bonds. The lowest BCUT2D eigenvalue weighted by molar-refractivity contribution is -0.157. The molecule has 0 fully saturated rings. The minimum absolute atomic E-state index is 0.0721. The Hall–Kier alpha value is -0.240. The Morgan fingerprint density at radius 2 is 1.11 bits per heavy atom. The maximum Gasteiger partial charge on any atom is 0.116 e. The zero-order valence-corrected chi connectivity index (χ0v) is 10.7. The number of aliphatic hydroxyl groups excluding tert-OH is 5. The normalized spacial score (nSPS) is 18.3. The van der Waals surface area contributed by atoms with Crippen LogP contribution in [0.15, 0.2) is 0 Å². The highest BCUT2D eigenvalue weighted by atomic mass is 16.4. The molecule has 6 heteroatoms. The second-order valence-electron chi connectivity index (χ2n) is 4.58. The Labute approximate surface area is 108 Å². The molecule has 2 unspecified atom stereocenters. The summed E-state index contributed by atoms with van der Waals surface area (Å²) in [6.07, 6.45) is -0.978. The molecule has 0 rings (SSSR count). The third-order valence-electron chi connectivity index (χ3n) is 3.16. The molecule has 0 heterocycles. The van der Waals surface area contributed by atoms with Crippen molar-refractivity contribution in [3.8, 4) is 0 Å². The Morgan fingerprint density at radius 1 is 0.722 bits per heavy atom. The highest BCUT2D eigenvalue weighted by Gasteiger charge is 2.41. The van der Waals surface area contributed by atoms with Gasteiger partial charge in [-0.15, -0.1) is 0 Å². The largest absolute Gasteiger partial charge is 0.396 e. The summed E-state index contributed by atoms with van der Waals surface area (Å²) in [6, 6.07) is 0. The average molecular weight is 266 g/mol. The predicted molar refractivity (Wildman–Crippen MR) is 65.9 cm³/mol. The molecule has 110 valence electrons. The van der Waals surface area contributed by atoms with E-state index in [0.29, 0.717) is 12.8 Å². The van der Waals surface area contributed by atoms with Gasteiger partial charge in [-0.1, -0.05) is 0 Å². The molecule has 0 aromatic rings. The Morgan fingerprint density at radius 3 is 1.44 bits per heavy atom. The van der Waals surface area contributed by atoms with Crippen molar-refractivity contribution in [3.63, 3.8) is 0 Å². The molecule has 0 spiro atoms. The average Bonchev–Trinajstić information content (AvgIpc) is 2.38. The van der Waals surface area contributed by atoms with Gasteiger partial charge in [-0.3, -0.25) is 0 Å². The van der Waals surface area contributed by atoms with Crippen LogP contribution in [-0.4, -0.2) is 68.3 Å². The van der Waals surface area contributed by atoms with Gasteiger partial charge in [0.2, 0.25) is 0 Å². The predicted octanol–water partition coefficient (Wildman–Crippen LogP) is -1.24. The van der Waals surface area contributed by atoms with Crippen LogP contribution in [0, 0.1) is 0 Å². The zero-order chi connectivity index (χ0) is 14.0. The van der Waals surface area contributed by atoms with E-state index in [-0.39, 0.29) is 45.5 Å². The minimum Gasteiger partial charge on any atom is -0.396 e. The van der Waals surface area contributed by atoms with Crippen molar-refractivity contribution >= 4 is 0 Å². The smallest absolute Gasteiger partial charge is 0.116 e. The van der Waals surface area contributed by atoms with Gasteiger partial charge in [0.05, 0.1) is 12.2 Å². The third kappa shape index (κ3) is 5.60. The number of aliphatic hydroxyl groups is 6. The molecular formula is C12H26O6. The van der Waals surface area contributed by atoms with Crippen molar-refractivity contribution in [3.05, 3.63) is 0 Å². The zero-order valence-electron chi connectivity index (χ0n) is 10.7. The standard InChI is InChI=1S/C12H26O6/c13-7-1-4-10(16)12(18,6-3-9-15)11(17)5-2-8-14/h10-11,13-18H,1-9H2. The summed E-state index contributed by atoms with van der Waals surface area (Å²) in [4.78, 5) is 0. The first-order chi connectivity index (χ1) is 8.52. The van der Waals surface area contributed by atoms with Crippen LogP contribution in [0.3, 0.4) is 0 Å². The van der Waals surface area contributed by atoms with E-state index in [2.05, 4.69) is 0 Å². The van der Waals surface area contributed by atoms with Crippen molar-refractivity contribution in [1.29, 1.82) is 0 Å². The van der Waals surface area contributed by atoms with Crippen molar-refractivity contribution in [2.45, 2.75) is 56.3 Å². The summed E-state index contributed by atoms with van der Waals surface area (Å²) in [7, 11) is 0. The minimum atomic E-state index is -1.70. The molecule has 0 radical (unpaired) electrons. The van der Waals surface area contributed by atoms with Crippen molar-refractivity contribution in [1.82, 2.24) is 0 Å². The maximum atomic E-state index is 10.4. The second kappa shape index (κ2) is 9.66. The van der Waals surface area contributed by atoms with Gasteiger partial charge < -0.3 is 30.6 Å². The lowest BCUT2D eigenvalue weighted by Crippen LogP contribution is -2.52.